The van der Waals surface area contributed by atoms with E-state index in [1.165, 1.54) is 32.8 Å². The van der Waals surface area contributed by atoms with Gasteiger partial charge in [0.1, 0.15) is 0 Å². The van der Waals surface area contributed by atoms with Crippen LogP contribution in [0.25, 0.3) is 0 Å². The molecule has 0 aliphatic rings. The predicted octanol–water partition coefficient (Wildman–Crippen LogP) is 3.18. The summed E-state index contributed by atoms with van der Waals surface area (Å²) in [5, 5.41) is 2.76. The summed E-state index contributed by atoms with van der Waals surface area (Å²) in [5.41, 5.74) is 0. The normalized spacial score (nSPS) is 9.50. The van der Waals surface area contributed by atoms with Gasteiger partial charge in [-0.2, -0.15) is 0 Å². The summed E-state index contributed by atoms with van der Waals surface area (Å²) < 4.78 is 7.13. The summed E-state index contributed by atoms with van der Waals surface area (Å²) in [7, 11) is 1.43. The monoisotopic (exact) mass is 393 g/mol. The summed E-state index contributed by atoms with van der Waals surface area (Å²) in [4.78, 5) is 21.9. The van der Waals surface area contributed by atoms with E-state index in [0.29, 0.717) is 13.0 Å². The zero-order chi connectivity index (χ0) is 15.1. The Bertz CT molecular complexity index is 334. The standard InChI is InChI=1S/C15H24INO3/c1-20-15(19)10-8-6-4-2-3-5-7-9-13-17-14(18)11-12-16/h2-10,13H2,1H3,(H,17,18). The van der Waals surface area contributed by atoms with Crippen molar-refractivity contribution >= 4 is 34.5 Å². The number of unbranched alkanes of at least 4 members (excludes halogenated alkanes) is 7. The van der Waals surface area contributed by atoms with Gasteiger partial charge in [-0.3, -0.25) is 9.59 Å². The summed E-state index contributed by atoms with van der Waals surface area (Å²) in [6.07, 6.45) is 9.53. The summed E-state index contributed by atoms with van der Waals surface area (Å²) in [6, 6.07) is 0. The molecule has 20 heavy (non-hydrogen) atoms. The zero-order valence-corrected chi connectivity index (χ0v) is 14.3. The summed E-state index contributed by atoms with van der Waals surface area (Å²) >= 11 is 1.85. The first-order chi connectivity index (χ1) is 9.70. The Kier molecular flexibility index (Phi) is 14.1. The number of amides is 1. The highest BCUT2D eigenvalue weighted by Crippen LogP contribution is 2.09. The van der Waals surface area contributed by atoms with Crippen molar-refractivity contribution in [1.29, 1.82) is 0 Å². The Hall–Kier alpha value is -0.770. The van der Waals surface area contributed by atoms with Crippen molar-refractivity contribution < 1.29 is 14.3 Å². The van der Waals surface area contributed by atoms with Gasteiger partial charge in [-0.1, -0.05) is 38.5 Å². The molecule has 0 atom stereocenters. The number of carbonyl (C=O) groups excluding carboxylic acids is 2. The largest absolute Gasteiger partial charge is 0.469 e. The summed E-state index contributed by atoms with van der Waals surface area (Å²) in [5.74, 6) is 2.14. The second-order valence-corrected chi connectivity index (χ2v) is 5.17. The molecule has 0 aliphatic heterocycles. The number of nitrogens with one attached hydrogen (secondary N) is 1. The van der Waals surface area contributed by atoms with Gasteiger partial charge in [0.25, 0.3) is 5.91 Å². The van der Waals surface area contributed by atoms with Crippen LogP contribution in [0.3, 0.4) is 0 Å². The average molecular weight is 393 g/mol. The fourth-order valence-corrected chi connectivity index (χ4v) is 2.09. The fourth-order valence-electron chi connectivity index (χ4n) is 1.85. The van der Waals surface area contributed by atoms with Gasteiger partial charge in [0.05, 0.1) is 7.11 Å². The van der Waals surface area contributed by atoms with Crippen LogP contribution in [0.2, 0.25) is 0 Å². The lowest BCUT2D eigenvalue weighted by Gasteiger charge is -2.03. The molecule has 0 rings (SSSR count). The molecule has 0 radical (unpaired) electrons. The molecule has 5 heteroatoms. The number of carbonyl (C=O) groups is 2. The maximum absolute atomic E-state index is 11.0. The highest BCUT2D eigenvalue weighted by molar-refractivity contribution is 14.1. The first-order valence-corrected chi connectivity index (χ1v) is 8.25. The van der Waals surface area contributed by atoms with Crippen LogP contribution in [0.1, 0.15) is 57.8 Å². The van der Waals surface area contributed by atoms with E-state index in [1.54, 1.807) is 0 Å². The van der Waals surface area contributed by atoms with Crippen LogP contribution in [-0.2, 0) is 14.3 Å². The molecule has 0 aromatic heterocycles. The fraction of sp³-hybridized carbons (Fsp3) is 0.733. The van der Waals surface area contributed by atoms with E-state index < -0.39 is 0 Å². The van der Waals surface area contributed by atoms with Crippen molar-refractivity contribution in [3.8, 4) is 9.85 Å². The molecule has 0 aromatic rings. The average Bonchev–Trinajstić information content (AvgIpc) is 2.44. The van der Waals surface area contributed by atoms with E-state index in [4.69, 9.17) is 0 Å². The van der Waals surface area contributed by atoms with Crippen molar-refractivity contribution in [2.24, 2.45) is 0 Å². The van der Waals surface area contributed by atoms with Crippen molar-refractivity contribution in [1.82, 2.24) is 5.32 Å². The maximum atomic E-state index is 11.0. The minimum absolute atomic E-state index is 0.112. The van der Waals surface area contributed by atoms with Gasteiger partial charge >= 0.3 is 5.97 Å². The van der Waals surface area contributed by atoms with Gasteiger partial charge in [-0.15, -0.1) is 0 Å². The lowest BCUT2D eigenvalue weighted by molar-refractivity contribution is -0.140. The molecule has 0 aliphatic carbocycles. The van der Waals surface area contributed by atoms with E-state index in [-0.39, 0.29) is 11.9 Å². The highest BCUT2D eigenvalue weighted by Gasteiger charge is 1.99. The first kappa shape index (κ1) is 19.2. The molecule has 4 nitrogen and oxygen atoms in total. The smallest absolute Gasteiger partial charge is 0.305 e. The van der Waals surface area contributed by atoms with E-state index in [2.05, 4.69) is 19.9 Å². The van der Waals surface area contributed by atoms with E-state index in [0.717, 1.165) is 25.7 Å². The van der Waals surface area contributed by atoms with E-state index in [1.807, 2.05) is 22.6 Å². The van der Waals surface area contributed by atoms with Crippen LogP contribution in [0.5, 0.6) is 0 Å². The van der Waals surface area contributed by atoms with Crippen LogP contribution in [0, 0.1) is 9.85 Å². The molecule has 0 heterocycles. The molecule has 0 saturated carbocycles. The number of ether oxygens (including phenoxy) is 1. The van der Waals surface area contributed by atoms with Gasteiger partial charge in [0, 0.05) is 41.5 Å². The van der Waals surface area contributed by atoms with Gasteiger partial charge < -0.3 is 10.1 Å². The van der Waals surface area contributed by atoms with Crippen molar-refractivity contribution in [2.45, 2.75) is 57.8 Å². The van der Waals surface area contributed by atoms with Crippen molar-refractivity contribution in [3.63, 3.8) is 0 Å². The number of rotatable bonds is 11. The predicted molar refractivity (Wildman–Crippen MR) is 88.4 cm³/mol. The molecular formula is C15H24INO3. The van der Waals surface area contributed by atoms with E-state index in [9.17, 15) is 9.59 Å². The van der Waals surface area contributed by atoms with Crippen molar-refractivity contribution in [3.05, 3.63) is 0 Å². The molecule has 0 unspecified atom stereocenters. The second-order valence-electron chi connectivity index (χ2n) is 4.63. The Morgan fingerprint density at radius 3 is 2.10 bits per heavy atom. The number of hydrogen-bond donors (Lipinski definition) is 1. The topological polar surface area (TPSA) is 55.4 Å². The van der Waals surface area contributed by atoms with Crippen LogP contribution >= 0.6 is 22.6 Å². The lowest BCUT2D eigenvalue weighted by atomic mass is 10.1. The molecule has 0 spiro atoms. The molecule has 114 valence electrons. The number of esters is 1. The highest BCUT2D eigenvalue weighted by atomic mass is 127. The zero-order valence-electron chi connectivity index (χ0n) is 12.2. The van der Waals surface area contributed by atoms with Crippen LogP contribution < -0.4 is 5.32 Å². The Morgan fingerprint density at radius 1 is 1.00 bits per heavy atom. The quantitative estimate of drug-likeness (QED) is 0.254. The Balaban J connectivity index is 3.15. The molecule has 1 N–H and O–H groups in total. The lowest BCUT2D eigenvalue weighted by Crippen LogP contribution is -2.22. The van der Waals surface area contributed by atoms with Gasteiger partial charge in [-0.05, 0) is 16.8 Å². The minimum Gasteiger partial charge on any atom is -0.469 e. The Labute approximate surface area is 135 Å². The van der Waals surface area contributed by atoms with Gasteiger partial charge in [0.15, 0.2) is 0 Å². The SMILES string of the molecule is COC(=O)CCCCCCCCCCNC(=O)C#CI. The molecule has 0 fully saturated rings. The molecular weight excluding hydrogens is 369 g/mol. The van der Waals surface area contributed by atoms with Crippen molar-refractivity contribution in [2.75, 3.05) is 13.7 Å². The molecule has 1 amide bonds. The second kappa shape index (κ2) is 14.6. The third-order valence-corrected chi connectivity index (χ3v) is 3.25. The van der Waals surface area contributed by atoms with Crippen LogP contribution in [-0.4, -0.2) is 25.5 Å². The third-order valence-electron chi connectivity index (χ3n) is 2.98. The number of hydrogen-bond acceptors (Lipinski definition) is 3. The first-order valence-electron chi connectivity index (χ1n) is 7.17. The minimum atomic E-state index is -0.190. The molecule has 0 saturated heterocycles. The van der Waals surface area contributed by atoms with Gasteiger partial charge in [-0.25, -0.2) is 0 Å². The third kappa shape index (κ3) is 13.7. The van der Waals surface area contributed by atoms with E-state index >= 15 is 0 Å². The van der Waals surface area contributed by atoms with Gasteiger partial charge in [0.2, 0.25) is 0 Å². The molecule has 0 bridgehead atoms. The maximum Gasteiger partial charge on any atom is 0.305 e. The number of halogens is 1. The Morgan fingerprint density at radius 2 is 1.55 bits per heavy atom. The summed E-state index contributed by atoms with van der Waals surface area (Å²) in [6.45, 7) is 0.712. The number of methoxy groups -OCH3 is 1. The van der Waals surface area contributed by atoms with Crippen LogP contribution in [0.15, 0.2) is 0 Å². The molecule has 0 aromatic carbocycles. The van der Waals surface area contributed by atoms with Crippen LogP contribution in [0.4, 0.5) is 0 Å².